The Bertz CT molecular complexity index is 510. The Morgan fingerprint density at radius 1 is 1.24 bits per heavy atom. The Kier molecular flexibility index (Phi) is 3.43. The molecule has 0 aliphatic carbocycles. The van der Waals surface area contributed by atoms with Crippen LogP contribution in [0.2, 0.25) is 0 Å². The molecule has 4 nitrogen and oxygen atoms in total. The number of hydrogen-bond donors (Lipinski definition) is 1. The predicted molar refractivity (Wildman–Crippen MR) is 57.9 cm³/mol. The van der Waals surface area contributed by atoms with E-state index in [2.05, 4.69) is 15.4 Å². The molecule has 0 atom stereocenters. The summed E-state index contributed by atoms with van der Waals surface area (Å²) in [5.74, 6) is -0.877. The van der Waals surface area contributed by atoms with Gasteiger partial charge in [-0.2, -0.15) is 5.10 Å². The lowest BCUT2D eigenvalue weighted by atomic mass is 10.2. The molecule has 0 aliphatic heterocycles. The zero-order valence-electron chi connectivity index (χ0n) is 9.32. The highest BCUT2D eigenvalue weighted by Gasteiger charge is 2.03. The summed E-state index contributed by atoms with van der Waals surface area (Å²) in [5.41, 5.74) is 0.686. The fourth-order valence-electron chi connectivity index (χ4n) is 1.45. The summed E-state index contributed by atoms with van der Waals surface area (Å²) < 4.78 is 27.2. The van der Waals surface area contributed by atoms with Crippen LogP contribution in [0.4, 0.5) is 8.78 Å². The van der Waals surface area contributed by atoms with E-state index in [1.54, 1.807) is 17.8 Å². The normalized spacial score (nSPS) is 10.8. The van der Waals surface area contributed by atoms with Crippen molar-refractivity contribution in [3.63, 3.8) is 0 Å². The Hall–Kier alpha value is -1.82. The van der Waals surface area contributed by atoms with Crippen molar-refractivity contribution in [1.82, 2.24) is 20.1 Å². The van der Waals surface area contributed by atoms with Gasteiger partial charge in [0.1, 0.15) is 12.2 Å². The zero-order valence-corrected chi connectivity index (χ0v) is 9.32. The summed E-state index contributed by atoms with van der Waals surface area (Å²) in [7, 11) is 1.79. The van der Waals surface area contributed by atoms with E-state index in [9.17, 15) is 8.78 Å². The molecule has 0 saturated carbocycles. The van der Waals surface area contributed by atoms with Crippen molar-refractivity contribution in [3.8, 4) is 0 Å². The van der Waals surface area contributed by atoms with Gasteiger partial charge in [0, 0.05) is 13.6 Å². The summed E-state index contributed by atoms with van der Waals surface area (Å²) in [5, 5.41) is 7.00. The number of nitrogens with one attached hydrogen (secondary N) is 1. The lowest BCUT2D eigenvalue weighted by molar-refractivity contribution is 0.505. The van der Waals surface area contributed by atoms with E-state index in [4.69, 9.17) is 0 Å². The van der Waals surface area contributed by atoms with Crippen LogP contribution in [0.1, 0.15) is 11.4 Å². The highest BCUT2D eigenvalue weighted by atomic mass is 19.2. The minimum atomic E-state index is -0.831. The molecule has 0 fully saturated rings. The second kappa shape index (κ2) is 5.01. The van der Waals surface area contributed by atoms with Crippen LogP contribution in [0, 0.1) is 11.6 Å². The van der Waals surface area contributed by atoms with Crippen molar-refractivity contribution in [3.05, 3.63) is 47.5 Å². The van der Waals surface area contributed by atoms with E-state index >= 15 is 0 Å². The molecule has 0 aliphatic rings. The molecule has 0 saturated heterocycles. The van der Waals surface area contributed by atoms with Gasteiger partial charge in [0.25, 0.3) is 0 Å². The molecule has 0 amide bonds. The maximum absolute atomic E-state index is 12.9. The van der Waals surface area contributed by atoms with Crippen LogP contribution in [0.3, 0.4) is 0 Å². The highest BCUT2D eigenvalue weighted by Crippen LogP contribution is 2.08. The number of rotatable bonds is 4. The minimum absolute atomic E-state index is 0.448. The van der Waals surface area contributed by atoms with Crippen LogP contribution in [-0.2, 0) is 20.1 Å². The summed E-state index contributed by atoms with van der Waals surface area (Å²) in [6, 6.07) is 3.84. The molecule has 0 unspecified atom stereocenters. The summed E-state index contributed by atoms with van der Waals surface area (Å²) in [6.45, 7) is 0.972. The van der Waals surface area contributed by atoms with Gasteiger partial charge >= 0.3 is 0 Å². The van der Waals surface area contributed by atoms with Crippen molar-refractivity contribution < 1.29 is 8.78 Å². The van der Waals surface area contributed by atoms with Crippen molar-refractivity contribution in [2.45, 2.75) is 13.1 Å². The first-order valence-electron chi connectivity index (χ1n) is 5.14. The average molecular weight is 238 g/mol. The van der Waals surface area contributed by atoms with Gasteiger partial charge in [0.05, 0.1) is 6.54 Å². The molecule has 2 rings (SSSR count). The van der Waals surface area contributed by atoms with E-state index in [1.165, 1.54) is 12.4 Å². The Morgan fingerprint density at radius 2 is 2.06 bits per heavy atom. The maximum atomic E-state index is 12.9. The van der Waals surface area contributed by atoms with E-state index in [0.29, 0.717) is 18.7 Å². The smallest absolute Gasteiger partial charge is 0.159 e. The van der Waals surface area contributed by atoms with E-state index in [-0.39, 0.29) is 0 Å². The summed E-state index contributed by atoms with van der Waals surface area (Å²) >= 11 is 0. The van der Waals surface area contributed by atoms with Crippen molar-refractivity contribution in [2.75, 3.05) is 0 Å². The molecule has 17 heavy (non-hydrogen) atoms. The van der Waals surface area contributed by atoms with Crippen molar-refractivity contribution in [1.29, 1.82) is 0 Å². The fourth-order valence-corrected chi connectivity index (χ4v) is 1.45. The summed E-state index contributed by atoms with van der Waals surface area (Å²) in [6.07, 6.45) is 1.47. The number of aromatic nitrogens is 3. The zero-order chi connectivity index (χ0) is 12.3. The van der Waals surface area contributed by atoms with Gasteiger partial charge in [0.2, 0.25) is 0 Å². The average Bonchev–Trinajstić information content (AvgIpc) is 2.70. The molecule has 6 heteroatoms. The van der Waals surface area contributed by atoms with Gasteiger partial charge in [-0.15, -0.1) is 0 Å². The SMILES string of the molecule is Cn1ncnc1CNCc1ccc(F)c(F)c1. The molecule has 1 aromatic heterocycles. The van der Waals surface area contributed by atoms with Crippen LogP contribution in [0.15, 0.2) is 24.5 Å². The predicted octanol–water partition coefficient (Wildman–Crippen LogP) is 1.38. The second-order valence-corrected chi connectivity index (χ2v) is 3.65. The standard InChI is InChI=1S/C11H12F2N4/c1-17-11(15-7-16-17)6-14-5-8-2-3-9(12)10(13)4-8/h2-4,7,14H,5-6H2,1H3. The van der Waals surface area contributed by atoms with Gasteiger partial charge in [-0.3, -0.25) is 4.68 Å². The van der Waals surface area contributed by atoms with Crippen LogP contribution in [0.5, 0.6) is 0 Å². The van der Waals surface area contributed by atoms with Gasteiger partial charge in [-0.25, -0.2) is 13.8 Å². The molecule has 90 valence electrons. The topological polar surface area (TPSA) is 42.7 Å². The van der Waals surface area contributed by atoms with Crippen LogP contribution < -0.4 is 5.32 Å². The van der Waals surface area contributed by atoms with Gasteiger partial charge in [-0.05, 0) is 17.7 Å². The van der Waals surface area contributed by atoms with Crippen LogP contribution in [0.25, 0.3) is 0 Å². The molecular formula is C11H12F2N4. The molecule has 1 heterocycles. The van der Waals surface area contributed by atoms with Crippen LogP contribution in [-0.4, -0.2) is 14.8 Å². The van der Waals surface area contributed by atoms with Gasteiger partial charge in [-0.1, -0.05) is 6.07 Å². The molecular weight excluding hydrogens is 226 g/mol. The number of nitrogens with zero attached hydrogens (tertiary/aromatic N) is 3. The van der Waals surface area contributed by atoms with Crippen molar-refractivity contribution in [2.24, 2.45) is 7.05 Å². The van der Waals surface area contributed by atoms with Crippen molar-refractivity contribution >= 4 is 0 Å². The Balaban J connectivity index is 1.90. The third-order valence-electron chi connectivity index (χ3n) is 2.40. The summed E-state index contributed by atoms with van der Waals surface area (Å²) in [4.78, 5) is 4.03. The van der Waals surface area contributed by atoms with Gasteiger partial charge in [0.15, 0.2) is 11.6 Å². The first-order chi connectivity index (χ1) is 8.16. The molecule has 0 radical (unpaired) electrons. The van der Waals surface area contributed by atoms with Gasteiger partial charge < -0.3 is 5.32 Å². The van der Waals surface area contributed by atoms with E-state index < -0.39 is 11.6 Å². The number of hydrogen-bond acceptors (Lipinski definition) is 3. The number of aryl methyl sites for hydroxylation is 1. The first-order valence-corrected chi connectivity index (χ1v) is 5.14. The first kappa shape index (κ1) is 11.7. The maximum Gasteiger partial charge on any atom is 0.159 e. The molecule has 0 bridgehead atoms. The Labute approximate surface area is 97.3 Å². The lowest BCUT2D eigenvalue weighted by Gasteiger charge is -2.04. The lowest BCUT2D eigenvalue weighted by Crippen LogP contribution is -2.16. The molecule has 0 spiro atoms. The molecule has 2 aromatic rings. The monoisotopic (exact) mass is 238 g/mol. The van der Waals surface area contributed by atoms with E-state index in [0.717, 1.165) is 11.9 Å². The fraction of sp³-hybridized carbons (Fsp3) is 0.273. The largest absolute Gasteiger partial charge is 0.306 e. The number of halogens is 2. The highest BCUT2D eigenvalue weighted by molar-refractivity contribution is 5.17. The minimum Gasteiger partial charge on any atom is -0.306 e. The third-order valence-corrected chi connectivity index (χ3v) is 2.40. The third kappa shape index (κ3) is 2.85. The second-order valence-electron chi connectivity index (χ2n) is 3.65. The van der Waals surface area contributed by atoms with Crippen LogP contribution >= 0.6 is 0 Å². The molecule has 1 N–H and O–H groups in total. The quantitative estimate of drug-likeness (QED) is 0.875. The van der Waals surface area contributed by atoms with E-state index in [1.807, 2.05) is 0 Å². The number of benzene rings is 1. The Morgan fingerprint density at radius 3 is 2.71 bits per heavy atom. The molecule has 1 aromatic carbocycles.